The maximum Gasteiger partial charge on any atom is 0.350 e. The Morgan fingerprint density at radius 3 is 2.56 bits per heavy atom. The van der Waals surface area contributed by atoms with E-state index in [-0.39, 0.29) is 11.1 Å². The first-order valence-corrected chi connectivity index (χ1v) is 7.96. The van der Waals surface area contributed by atoms with Gasteiger partial charge >= 0.3 is 17.9 Å². The molecule has 1 saturated heterocycles. The average Bonchev–Trinajstić information content (AvgIpc) is 3.13. The number of aromatic nitrogens is 2. The monoisotopic (exact) mass is 371 g/mol. The number of carbonyl (C=O) groups is 3. The Hall–Kier alpha value is -3.62. The molecule has 1 aromatic carbocycles. The number of methoxy groups -OCH3 is 1. The highest BCUT2D eigenvalue weighted by molar-refractivity contribution is 6.15. The van der Waals surface area contributed by atoms with Crippen LogP contribution in [-0.2, 0) is 23.8 Å². The summed E-state index contributed by atoms with van der Waals surface area (Å²) in [7, 11) is 1.27. The van der Waals surface area contributed by atoms with Gasteiger partial charge in [-0.3, -0.25) is 0 Å². The Morgan fingerprint density at radius 1 is 1.26 bits per heavy atom. The summed E-state index contributed by atoms with van der Waals surface area (Å²) in [5.74, 6) is -3.48. The van der Waals surface area contributed by atoms with E-state index < -0.39 is 23.7 Å². The first kappa shape index (κ1) is 18.2. The van der Waals surface area contributed by atoms with Crippen LogP contribution >= 0.6 is 0 Å². The van der Waals surface area contributed by atoms with Gasteiger partial charge in [0.2, 0.25) is 0 Å². The van der Waals surface area contributed by atoms with Crippen LogP contribution < -0.4 is 5.32 Å². The molecule has 2 heterocycles. The van der Waals surface area contributed by atoms with E-state index in [0.717, 1.165) is 0 Å². The molecule has 0 atom stereocenters. The number of benzene rings is 1. The molecule has 140 valence electrons. The van der Waals surface area contributed by atoms with Crippen LogP contribution in [-0.4, -0.2) is 40.6 Å². The lowest BCUT2D eigenvalue weighted by atomic mass is 10.1. The molecular weight excluding hydrogens is 354 g/mol. The van der Waals surface area contributed by atoms with Gasteiger partial charge in [0.1, 0.15) is 0 Å². The lowest BCUT2D eigenvalue weighted by molar-refractivity contribution is -0.222. The molecule has 1 aliphatic rings. The second kappa shape index (κ2) is 6.94. The first-order valence-electron chi connectivity index (χ1n) is 7.96. The molecule has 27 heavy (non-hydrogen) atoms. The van der Waals surface area contributed by atoms with Crippen LogP contribution in [0, 0.1) is 0 Å². The molecule has 0 spiro atoms. The molecular formula is C18H17N3O6. The van der Waals surface area contributed by atoms with Gasteiger partial charge in [0, 0.05) is 32.4 Å². The van der Waals surface area contributed by atoms with E-state index in [1.165, 1.54) is 33.2 Å². The molecule has 9 heteroatoms. The Bertz CT molecular complexity index is 909. The summed E-state index contributed by atoms with van der Waals surface area (Å²) < 4.78 is 16.4. The van der Waals surface area contributed by atoms with Gasteiger partial charge in [-0.05, 0) is 24.3 Å². The second-order valence-corrected chi connectivity index (χ2v) is 6.06. The zero-order valence-corrected chi connectivity index (χ0v) is 14.9. The van der Waals surface area contributed by atoms with Crippen molar-refractivity contribution in [2.45, 2.75) is 19.6 Å². The molecule has 9 nitrogen and oxygen atoms in total. The highest BCUT2D eigenvalue weighted by Gasteiger charge is 2.39. The number of hydrogen-bond acceptors (Lipinski definition) is 8. The highest BCUT2D eigenvalue weighted by atomic mass is 16.7. The normalized spacial score (nSPS) is 15.6. The van der Waals surface area contributed by atoms with Crippen molar-refractivity contribution in [1.82, 2.24) is 9.78 Å². The van der Waals surface area contributed by atoms with Crippen molar-refractivity contribution in [3.05, 3.63) is 54.0 Å². The topological polar surface area (TPSA) is 109 Å². The fourth-order valence-corrected chi connectivity index (χ4v) is 2.44. The van der Waals surface area contributed by atoms with E-state index in [2.05, 4.69) is 10.4 Å². The van der Waals surface area contributed by atoms with Gasteiger partial charge in [0.25, 0.3) is 5.79 Å². The molecule has 2 aromatic rings. The quantitative estimate of drug-likeness (QED) is 0.492. The van der Waals surface area contributed by atoms with Crippen LogP contribution in [0.4, 0.5) is 5.69 Å². The van der Waals surface area contributed by atoms with Crippen molar-refractivity contribution in [3.63, 3.8) is 0 Å². The number of anilines is 1. The maximum absolute atomic E-state index is 12.1. The molecule has 0 radical (unpaired) electrons. The molecule has 0 unspecified atom stereocenters. The zero-order chi connectivity index (χ0) is 19.6. The number of esters is 3. The van der Waals surface area contributed by atoms with Gasteiger partial charge in [0.15, 0.2) is 5.57 Å². The Kier molecular flexibility index (Phi) is 4.68. The number of nitrogens with one attached hydrogen (secondary N) is 1. The van der Waals surface area contributed by atoms with Gasteiger partial charge in [-0.25, -0.2) is 19.1 Å². The fraction of sp³-hybridized carbons (Fsp3) is 0.222. The van der Waals surface area contributed by atoms with Gasteiger partial charge in [0.05, 0.1) is 24.0 Å². The number of carbonyl (C=O) groups excluding carboxylic acids is 3. The predicted octanol–water partition coefficient (Wildman–Crippen LogP) is 1.79. The fourth-order valence-electron chi connectivity index (χ4n) is 2.44. The van der Waals surface area contributed by atoms with E-state index >= 15 is 0 Å². The van der Waals surface area contributed by atoms with Crippen LogP contribution in [0.2, 0.25) is 0 Å². The minimum Gasteiger partial charge on any atom is -0.465 e. The molecule has 0 saturated carbocycles. The van der Waals surface area contributed by atoms with Crippen LogP contribution in [0.25, 0.3) is 5.69 Å². The summed E-state index contributed by atoms with van der Waals surface area (Å²) in [6.45, 7) is 2.92. The third-order valence-electron chi connectivity index (χ3n) is 3.66. The summed E-state index contributed by atoms with van der Waals surface area (Å²) in [6, 6.07) is 6.48. The molecule has 0 amide bonds. The lowest BCUT2D eigenvalue weighted by Gasteiger charge is -2.29. The van der Waals surface area contributed by atoms with Crippen LogP contribution in [0.3, 0.4) is 0 Å². The third-order valence-corrected chi connectivity index (χ3v) is 3.66. The third kappa shape index (κ3) is 3.81. The standard InChI is InChI=1S/C18H17N3O6/c1-18(2)26-16(23)12(17(24)27-18)10-19-13-9-11(15(22)25-3)5-6-14(13)21-8-4-7-20-21/h4-10,19H,1-3H3. The summed E-state index contributed by atoms with van der Waals surface area (Å²) in [4.78, 5) is 35.9. The number of rotatable bonds is 4. The average molecular weight is 371 g/mol. The van der Waals surface area contributed by atoms with Crippen LogP contribution in [0.15, 0.2) is 48.4 Å². The largest absolute Gasteiger partial charge is 0.465 e. The minimum atomic E-state index is -1.32. The lowest BCUT2D eigenvalue weighted by Crippen LogP contribution is -2.42. The Balaban J connectivity index is 1.96. The van der Waals surface area contributed by atoms with E-state index in [0.29, 0.717) is 11.4 Å². The molecule has 0 aliphatic carbocycles. The number of ether oxygens (including phenoxy) is 3. The van der Waals surface area contributed by atoms with Crippen molar-refractivity contribution in [1.29, 1.82) is 0 Å². The molecule has 3 rings (SSSR count). The minimum absolute atomic E-state index is 0.282. The van der Waals surface area contributed by atoms with E-state index in [9.17, 15) is 14.4 Å². The first-order chi connectivity index (χ1) is 12.8. The number of nitrogens with zero attached hydrogens (tertiary/aromatic N) is 2. The number of cyclic esters (lactones) is 2. The number of hydrogen-bond donors (Lipinski definition) is 1. The summed E-state index contributed by atoms with van der Waals surface area (Å²) >= 11 is 0. The molecule has 1 aliphatic heterocycles. The molecule has 1 fully saturated rings. The molecule has 1 N–H and O–H groups in total. The van der Waals surface area contributed by atoms with Gasteiger partial charge in [-0.1, -0.05) is 0 Å². The second-order valence-electron chi connectivity index (χ2n) is 6.06. The van der Waals surface area contributed by atoms with Crippen molar-refractivity contribution >= 4 is 23.6 Å². The highest BCUT2D eigenvalue weighted by Crippen LogP contribution is 2.25. The van der Waals surface area contributed by atoms with Crippen molar-refractivity contribution in [2.75, 3.05) is 12.4 Å². The molecule has 0 bridgehead atoms. The Morgan fingerprint density at radius 2 is 1.96 bits per heavy atom. The molecule has 1 aromatic heterocycles. The van der Waals surface area contributed by atoms with Gasteiger partial charge in [-0.2, -0.15) is 5.10 Å². The van der Waals surface area contributed by atoms with E-state index in [1.807, 2.05) is 0 Å². The van der Waals surface area contributed by atoms with Gasteiger partial charge < -0.3 is 19.5 Å². The zero-order valence-electron chi connectivity index (χ0n) is 14.9. The van der Waals surface area contributed by atoms with E-state index in [4.69, 9.17) is 14.2 Å². The SMILES string of the molecule is COC(=O)c1ccc(-n2cccn2)c(NC=C2C(=O)OC(C)(C)OC2=O)c1. The summed E-state index contributed by atoms with van der Waals surface area (Å²) in [6.07, 6.45) is 4.47. The van der Waals surface area contributed by atoms with Crippen LogP contribution in [0.1, 0.15) is 24.2 Å². The van der Waals surface area contributed by atoms with Crippen molar-refractivity contribution < 1.29 is 28.6 Å². The van der Waals surface area contributed by atoms with Gasteiger partial charge in [-0.15, -0.1) is 0 Å². The summed E-state index contributed by atoms with van der Waals surface area (Å²) in [5, 5.41) is 6.99. The van der Waals surface area contributed by atoms with E-state index in [1.54, 1.807) is 35.3 Å². The van der Waals surface area contributed by atoms with Crippen molar-refractivity contribution in [2.24, 2.45) is 0 Å². The van der Waals surface area contributed by atoms with Crippen molar-refractivity contribution in [3.8, 4) is 5.69 Å². The maximum atomic E-state index is 12.1. The smallest absolute Gasteiger partial charge is 0.350 e. The Labute approximate surface area is 154 Å². The summed E-state index contributed by atoms with van der Waals surface area (Å²) in [5.41, 5.74) is 0.982. The predicted molar refractivity (Wildman–Crippen MR) is 92.9 cm³/mol. The van der Waals surface area contributed by atoms with Crippen LogP contribution in [0.5, 0.6) is 0 Å².